The standard InChI is InChI=1S/C38H38N2O9S2/c1-24-5-3-6-27(17-24)32(42)21-47-30-15-11-26(12-16-30)19-35(50-23-41)37(45)40(2)49-31-8-4-7-28(20-31)33(43)22-48-29-13-9-25(10-14-29)18-34-36(44)39-38(46)51-34/h3-17,20,23,32-35,42-43H,18-19,21-22H2,1-2H3,(H,39,44,46). The second kappa shape index (κ2) is 17.9. The van der Waals surface area contributed by atoms with Crippen LogP contribution in [-0.4, -0.2) is 68.7 Å². The van der Waals surface area contributed by atoms with E-state index in [1.165, 1.54) is 7.05 Å². The van der Waals surface area contributed by atoms with Crippen LogP contribution < -0.4 is 19.6 Å². The topological polar surface area (TPSA) is 152 Å². The van der Waals surface area contributed by atoms with E-state index in [-0.39, 0.29) is 30.8 Å². The van der Waals surface area contributed by atoms with E-state index in [1.807, 2.05) is 31.2 Å². The molecular weight excluding hydrogens is 693 g/mol. The van der Waals surface area contributed by atoms with Crippen molar-refractivity contribution in [3.05, 3.63) is 125 Å². The van der Waals surface area contributed by atoms with Crippen molar-refractivity contribution in [3.8, 4) is 17.2 Å². The minimum atomic E-state index is -1.00. The zero-order valence-electron chi connectivity index (χ0n) is 28.0. The quantitative estimate of drug-likeness (QED) is 0.0946. The van der Waals surface area contributed by atoms with Gasteiger partial charge in [-0.2, -0.15) is 5.06 Å². The van der Waals surface area contributed by atoms with Gasteiger partial charge in [0.15, 0.2) is 11.4 Å². The van der Waals surface area contributed by atoms with E-state index in [9.17, 15) is 29.4 Å². The molecule has 1 aliphatic rings. The normalized spacial score (nSPS) is 15.7. The number of hydroxylamine groups is 2. The second-order valence-corrected chi connectivity index (χ2v) is 14.1. The maximum atomic E-state index is 13.3. The molecule has 51 heavy (non-hydrogen) atoms. The van der Waals surface area contributed by atoms with Crippen molar-refractivity contribution in [2.45, 2.75) is 42.5 Å². The van der Waals surface area contributed by atoms with Gasteiger partial charge in [-0.15, -0.1) is 0 Å². The number of hydrogen-bond donors (Lipinski definition) is 3. The smallest absolute Gasteiger partial charge is 0.286 e. The fraction of sp³-hybridized carbons (Fsp3) is 0.263. The maximum Gasteiger partial charge on any atom is 0.286 e. The van der Waals surface area contributed by atoms with Crippen LogP contribution in [0.15, 0.2) is 97.1 Å². The maximum absolute atomic E-state index is 13.3. The summed E-state index contributed by atoms with van der Waals surface area (Å²) in [5, 5.41) is 23.1. The lowest BCUT2D eigenvalue weighted by atomic mass is 10.1. The Bertz CT molecular complexity index is 1820. The molecule has 4 aromatic carbocycles. The van der Waals surface area contributed by atoms with Gasteiger partial charge in [-0.3, -0.25) is 24.5 Å². The van der Waals surface area contributed by atoms with Gasteiger partial charge < -0.3 is 24.5 Å². The molecule has 0 aromatic heterocycles. The van der Waals surface area contributed by atoms with Crippen molar-refractivity contribution in [2.75, 3.05) is 20.3 Å². The molecule has 3 N–H and O–H groups in total. The summed E-state index contributed by atoms with van der Waals surface area (Å²) in [5.74, 6) is 0.671. The molecule has 11 nitrogen and oxygen atoms in total. The molecule has 3 amide bonds. The molecule has 1 heterocycles. The van der Waals surface area contributed by atoms with Crippen LogP contribution in [0.4, 0.5) is 4.79 Å². The third-order valence-corrected chi connectivity index (χ3v) is 9.78. The van der Waals surface area contributed by atoms with Crippen molar-refractivity contribution in [1.29, 1.82) is 0 Å². The fourth-order valence-electron chi connectivity index (χ4n) is 5.26. The summed E-state index contributed by atoms with van der Waals surface area (Å²) in [6, 6.07) is 28.4. The Hall–Kier alpha value is -4.82. The van der Waals surface area contributed by atoms with Crippen LogP contribution in [0.3, 0.4) is 0 Å². The third-order valence-electron chi connectivity index (χ3n) is 7.99. The minimum absolute atomic E-state index is 0.0534. The van der Waals surface area contributed by atoms with Crippen LogP contribution >= 0.6 is 23.5 Å². The van der Waals surface area contributed by atoms with Gasteiger partial charge in [-0.25, -0.2) is 0 Å². The van der Waals surface area contributed by atoms with Crippen molar-refractivity contribution in [1.82, 2.24) is 10.4 Å². The van der Waals surface area contributed by atoms with E-state index >= 15 is 0 Å². The van der Waals surface area contributed by atoms with E-state index in [0.29, 0.717) is 34.9 Å². The van der Waals surface area contributed by atoms with Crippen LogP contribution in [0.25, 0.3) is 0 Å². The monoisotopic (exact) mass is 730 g/mol. The molecule has 13 heteroatoms. The summed E-state index contributed by atoms with van der Waals surface area (Å²) in [6.45, 7) is 1.99. The van der Waals surface area contributed by atoms with Gasteiger partial charge in [-0.1, -0.05) is 89.8 Å². The zero-order chi connectivity index (χ0) is 36.3. The number of rotatable bonds is 17. The molecule has 0 saturated carbocycles. The molecule has 1 fully saturated rings. The number of imide groups is 1. The van der Waals surface area contributed by atoms with Crippen LogP contribution in [0, 0.1) is 6.92 Å². The van der Waals surface area contributed by atoms with E-state index in [4.69, 9.17) is 14.3 Å². The summed E-state index contributed by atoms with van der Waals surface area (Å²) >= 11 is 1.83. The lowest BCUT2D eigenvalue weighted by Gasteiger charge is -2.23. The fourth-order valence-corrected chi connectivity index (χ4v) is 6.81. The lowest BCUT2D eigenvalue weighted by molar-refractivity contribution is -0.151. The first-order valence-electron chi connectivity index (χ1n) is 16.1. The van der Waals surface area contributed by atoms with Crippen molar-refractivity contribution in [2.24, 2.45) is 0 Å². The number of aliphatic hydroxyl groups is 2. The molecule has 0 spiro atoms. The molecule has 0 bridgehead atoms. The molecular formula is C38H38N2O9S2. The Morgan fingerprint density at radius 2 is 1.45 bits per heavy atom. The van der Waals surface area contributed by atoms with Gasteiger partial charge in [0, 0.05) is 7.05 Å². The van der Waals surface area contributed by atoms with Crippen LogP contribution in [0.1, 0.15) is 40.0 Å². The summed E-state index contributed by atoms with van der Waals surface area (Å²) < 4.78 is 11.5. The first kappa shape index (κ1) is 37.4. The first-order chi connectivity index (χ1) is 24.6. The van der Waals surface area contributed by atoms with Gasteiger partial charge in [-0.05, 0) is 78.4 Å². The van der Waals surface area contributed by atoms with Gasteiger partial charge in [0.25, 0.3) is 11.1 Å². The Morgan fingerprint density at radius 3 is 2.02 bits per heavy atom. The molecule has 4 atom stereocenters. The predicted octanol–water partition coefficient (Wildman–Crippen LogP) is 5.40. The number of nitrogens with zero attached hydrogens (tertiary/aromatic N) is 1. The number of aliphatic hydroxyl groups excluding tert-OH is 2. The molecule has 5 rings (SSSR count). The van der Waals surface area contributed by atoms with Crippen molar-refractivity contribution in [3.63, 3.8) is 0 Å². The first-order valence-corrected chi connectivity index (χ1v) is 17.9. The van der Waals surface area contributed by atoms with Crippen LogP contribution in [-0.2, 0) is 27.2 Å². The number of carbonyl (C=O) groups excluding carboxylic acids is 4. The number of benzene rings is 4. The second-order valence-electron chi connectivity index (χ2n) is 11.9. The molecule has 4 aromatic rings. The average Bonchev–Trinajstić information content (AvgIpc) is 3.45. The summed E-state index contributed by atoms with van der Waals surface area (Å²) in [6.07, 6.45) is -1.11. The molecule has 266 valence electrons. The van der Waals surface area contributed by atoms with E-state index in [1.54, 1.807) is 72.8 Å². The molecule has 1 aliphatic heterocycles. The Balaban J connectivity index is 1.10. The summed E-state index contributed by atoms with van der Waals surface area (Å²) in [7, 11) is 1.46. The number of ether oxygens (including phenoxy) is 2. The lowest BCUT2D eigenvalue weighted by Crippen LogP contribution is -2.38. The van der Waals surface area contributed by atoms with Gasteiger partial charge in [0.05, 0.1) is 10.5 Å². The predicted molar refractivity (Wildman–Crippen MR) is 195 cm³/mol. The highest BCUT2D eigenvalue weighted by Crippen LogP contribution is 2.26. The van der Waals surface area contributed by atoms with Crippen LogP contribution in [0.5, 0.6) is 17.2 Å². The largest absolute Gasteiger partial charge is 0.491 e. The Labute approximate surface area is 304 Å². The number of carbonyl (C=O) groups is 4. The van der Waals surface area contributed by atoms with Crippen LogP contribution in [0.2, 0.25) is 0 Å². The third kappa shape index (κ3) is 10.8. The number of nitrogens with one attached hydrogen (secondary N) is 1. The zero-order valence-corrected chi connectivity index (χ0v) is 29.6. The van der Waals surface area contributed by atoms with Gasteiger partial charge in [0.2, 0.25) is 5.91 Å². The number of hydrogen-bond acceptors (Lipinski definition) is 11. The van der Waals surface area contributed by atoms with E-state index in [0.717, 1.165) is 50.8 Å². The average molecular weight is 731 g/mol. The highest BCUT2D eigenvalue weighted by Gasteiger charge is 2.31. The number of amides is 3. The summed E-state index contributed by atoms with van der Waals surface area (Å²) in [4.78, 5) is 53.8. The van der Waals surface area contributed by atoms with Gasteiger partial charge >= 0.3 is 0 Å². The van der Waals surface area contributed by atoms with E-state index in [2.05, 4.69) is 5.32 Å². The molecule has 4 unspecified atom stereocenters. The molecule has 0 aliphatic carbocycles. The SMILES string of the molecule is Cc1cccc(C(O)COc2ccc(CC(SC=O)C(=O)N(C)Oc3cccc(C(O)COc4ccc(CC5SC(=O)NC5=O)cc4)c3)cc2)c1. The Morgan fingerprint density at radius 1 is 0.863 bits per heavy atom. The Kier molecular flexibility index (Phi) is 13.1. The molecule has 0 radical (unpaired) electrons. The molecule has 1 saturated heterocycles. The van der Waals surface area contributed by atoms with Crippen molar-refractivity contribution < 1.29 is 43.7 Å². The number of aryl methyl sites for hydroxylation is 1. The van der Waals surface area contributed by atoms with Crippen molar-refractivity contribution >= 4 is 46.2 Å². The highest BCUT2D eigenvalue weighted by atomic mass is 32.2. The highest BCUT2D eigenvalue weighted by molar-refractivity contribution is 8.15. The summed E-state index contributed by atoms with van der Waals surface area (Å²) in [5.41, 5.74) is 4.63. The van der Waals surface area contributed by atoms with Gasteiger partial charge in [0.1, 0.15) is 36.9 Å². The minimum Gasteiger partial charge on any atom is -0.491 e. The van der Waals surface area contributed by atoms with E-state index < -0.39 is 28.6 Å². The number of thioether (sulfide) groups is 2.